The molecule has 5 nitrogen and oxygen atoms in total. The lowest BCUT2D eigenvalue weighted by Gasteiger charge is -2.16. The minimum absolute atomic E-state index is 0.0614. The minimum Gasteiger partial charge on any atom is -0.489 e. The molecule has 0 unspecified atom stereocenters. The maximum absolute atomic E-state index is 12.7. The number of nitrogen functional groups attached to an aromatic ring is 1. The Balaban J connectivity index is 1.33. The van der Waals surface area contributed by atoms with Crippen LogP contribution in [0.5, 0.6) is 5.75 Å². The van der Waals surface area contributed by atoms with Gasteiger partial charge in [-0.25, -0.2) is 4.98 Å². The Hall–Kier alpha value is -3.38. The van der Waals surface area contributed by atoms with Gasteiger partial charge in [-0.15, -0.1) is 11.3 Å². The Kier molecular flexibility index (Phi) is 6.73. The minimum atomic E-state index is 0.0614. The van der Waals surface area contributed by atoms with Crippen LogP contribution in [0.4, 0.5) is 5.69 Å². The highest BCUT2D eigenvalue weighted by atomic mass is 32.1. The number of carbonyl (C=O) groups excluding carboxylic acids is 1. The molecule has 0 radical (unpaired) electrons. The number of carbonyl (C=O) groups is 1. The number of ether oxygens (including phenoxy) is 1. The number of hydrogen-bond acceptors (Lipinski definition) is 5. The fourth-order valence-electron chi connectivity index (χ4n) is 4.84. The van der Waals surface area contributed by atoms with Gasteiger partial charge in [-0.3, -0.25) is 4.79 Å². The predicted molar refractivity (Wildman–Crippen MR) is 143 cm³/mol. The zero-order chi connectivity index (χ0) is 24.4. The second-order valence-corrected chi connectivity index (χ2v) is 10.4. The summed E-state index contributed by atoms with van der Waals surface area (Å²) >= 11 is 1.66. The number of nitrogens with two attached hydrogens (primary N) is 1. The molecule has 2 aliphatic rings. The molecule has 0 spiro atoms. The molecule has 3 aromatic rings. The van der Waals surface area contributed by atoms with Crippen molar-refractivity contribution in [2.24, 2.45) is 0 Å². The van der Waals surface area contributed by atoms with Crippen molar-refractivity contribution >= 4 is 22.9 Å². The van der Waals surface area contributed by atoms with E-state index in [4.69, 9.17) is 15.5 Å². The maximum atomic E-state index is 12.7. The highest BCUT2D eigenvalue weighted by Gasteiger charge is 2.27. The molecule has 0 fully saturated rings. The molecular weight excluding hydrogens is 454 g/mol. The van der Waals surface area contributed by atoms with Gasteiger partial charge in [0.25, 0.3) is 0 Å². The fraction of sp³-hybridized carbons (Fsp3) is 0.310. The summed E-state index contributed by atoms with van der Waals surface area (Å²) in [6, 6.07) is 12.3. The maximum Gasteiger partial charge on any atom is 0.224 e. The second-order valence-electron chi connectivity index (χ2n) is 9.42. The molecule has 1 amide bonds. The van der Waals surface area contributed by atoms with Gasteiger partial charge in [-0.2, -0.15) is 0 Å². The van der Waals surface area contributed by atoms with Crippen molar-refractivity contribution in [3.8, 4) is 26.8 Å². The van der Waals surface area contributed by atoms with E-state index in [1.165, 1.54) is 16.7 Å². The Morgan fingerprint density at radius 2 is 2.14 bits per heavy atom. The van der Waals surface area contributed by atoms with Crippen LogP contribution in [0.3, 0.4) is 0 Å². The van der Waals surface area contributed by atoms with Crippen molar-refractivity contribution in [2.45, 2.75) is 58.1 Å². The highest BCUT2D eigenvalue weighted by Crippen LogP contribution is 2.41. The van der Waals surface area contributed by atoms with Gasteiger partial charge in [0.15, 0.2) is 0 Å². The summed E-state index contributed by atoms with van der Waals surface area (Å²) < 4.78 is 5.76. The first kappa shape index (κ1) is 23.4. The van der Waals surface area contributed by atoms with E-state index in [1.807, 2.05) is 38.2 Å². The van der Waals surface area contributed by atoms with Gasteiger partial charge in [0.05, 0.1) is 29.1 Å². The summed E-state index contributed by atoms with van der Waals surface area (Å²) in [5.74, 6) is 0.791. The number of allylic oxidation sites excluding steroid dienone is 3. The van der Waals surface area contributed by atoms with Crippen LogP contribution in [0.15, 0.2) is 66.4 Å². The second kappa shape index (κ2) is 10.1. The third-order valence-corrected chi connectivity index (χ3v) is 7.51. The molecule has 0 saturated carbocycles. The third kappa shape index (κ3) is 5.17. The molecular formula is C29H31N3O2S. The smallest absolute Gasteiger partial charge is 0.224 e. The number of aromatic nitrogens is 1. The largest absolute Gasteiger partial charge is 0.489 e. The van der Waals surface area contributed by atoms with Crippen molar-refractivity contribution in [1.82, 2.24) is 10.3 Å². The van der Waals surface area contributed by atoms with Crippen LogP contribution in [0.1, 0.15) is 56.7 Å². The average Bonchev–Trinajstić information content (AvgIpc) is 3.49. The van der Waals surface area contributed by atoms with E-state index in [9.17, 15) is 4.79 Å². The summed E-state index contributed by atoms with van der Waals surface area (Å²) in [7, 11) is 0. The van der Waals surface area contributed by atoms with Gasteiger partial charge < -0.3 is 15.8 Å². The first-order valence-corrected chi connectivity index (χ1v) is 13.1. The first-order valence-electron chi connectivity index (χ1n) is 12.3. The van der Waals surface area contributed by atoms with E-state index >= 15 is 0 Å². The molecule has 3 N–H and O–H groups in total. The number of rotatable bonds is 7. The average molecular weight is 486 g/mol. The lowest BCUT2D eigenvalue weighted by molar-refractivity contribution is -0.121. The monoisotopic (exact) mass is 485 g/mol. The van der Waals surface area contributed by atoms with Crippen molar-refractivity contribution in [3.05, 3.63) is 77.5 Å². The Labute approximate surface area is 210 Å². The zero-order valence-electron chi connectivity index (χ0n) is 20.2. The van der Waals surface area contributed by atoms with Crippen LogP contribution in [0.25, 0.3) is 21.0 Å². The molecule has 1 aromatic heterocycles. The zero-order valence-corrected chi connectivity index (χ0v) is 21.0. The normalized spacial score (nSPS) is 16.8. The SMILES string of the molecule is CC(C)Oc1ccc(-c2ncc(-c3cccc4c3CC[C@@H]4NC(=O)CC3=CCCC=C3)s2)cc1N. The van der Waals surface area contributed by atoms with Crippen LogP contribution in [0.2, 0.25) is 0 Å². The predicted octanol–water partition coefficient (Wildman–Crippen LogP) is 6.62. The molecule has 2 aliphatic carbocycles. The van der Waals surface area contributed by atoms with Gasteiger partial charge in [0.1, 0.15) is 10.8 Å². The molecule has 6 heteroatoms. The van der Waals surface area contributed by atoms with E-state index in [2.05, 4.69) is 41.7 Å². The number of hydrogen-bond donors (Lipinski definition) is 2. The van der Waals surface area contributed by atoms with Crippen LogP contribution >= 0.6 is 11.3 Å². The number of amides is 1. The lowest BCUT2D eigenvalue weighted by atomic mass is 10.0. The van der Waals surface area contributed by atoms with Crippen molar-refractivity contribution in [2.75, 3.05) is 5.73 Å². The van der Waals surface area contributed by atoms with E-state index < -0.39 is 0 Å². The van der Waals surface area contributed by atoms with Crippen molar-refractivity contribution < 1.29 is 9.53 Å². The third-order valence-electron chi connectivity index (χ3n) is 6.43. The molecule has 0 bridgehead atoms. The number of fused-ring (bicyclic) bond motifs is 1. The Bertz CT molecular complexity index is 1310. The molecule has 0 aliphatic heterocycles. The quantitative estimate of drug-likeness (QED) is 0.369. The van der Waals surface area contributed by atoms with Crippen molar-refractivity contribution in [3.63, 3.8) is 0 Å². The van der Waals surface area contributed by atoms with Crippen LogP contribution < -0.4 is 15.8 Å². The number of nitrogens with zero attached hydrogens (tertiary/aromatic N) is 1. The Morgan fingerprint density at radius 3 is 2.91 bits per heavy atom. The summed E-state index contributed by atoms with van der Waals surface area (Å²) in [6.07, 6.45) is 12.8. The summed E-state index contributed by atoms with van der Waals surface area (Å²) in [5, 5.41) is 4.19. The van der Waals surface area contributed by atoms with Crippen LogP contribution in [-0.2, 0) is 11.2 Å². The standard InChI is InChI=1S/C29H31N3O2S/c1-18(2)34-26-14-11-20(16-24(26)30)29-31-17-27(35-29)23-10-6-9-22-21(23)12-13-25(22)32-28(33)15-19-7-4-3-5-8-19/h4,6-11,14,16-18,25H,3,5,12-13,15,30H2,1-2H3,(H,32,33)/t25-/m0/s1. The lowest BCUT2D eigenvalue weighted by Crippen LogP contribution is -2.27. The molecule has 1 heterocycles. The van der Waals surface area contributed by atoms with E-state index in [0.29, 0.717) is 17.9 Å². The summed E-state index contributed by atoms with van der Waals surface area (Å²) in [4.78, 5) is 18.5. The Morgan fingerprint density at radius 1 is 1.26 bits per heavy atom. The molecule has 2 aromatic carbocycles. The molecule has 5 rings (SSSR count). The number of benzene rings is 2. The molecule has 0 saturated heterocycles. The molecule has 180 valence electrons. The van der Waals surface area contributed by atoms with Gasteiger partial charge in [-0.1, -0.05) is 36.4 Å². The van der Waals surface area contributed by atoms with E-state index in [0.717, 1.165) is 46.7 Å². The van der Waals surface area contributed by atoms with Crippen LogP contribution in [-0.4, -0.2) is 17.0 Å². The van der Waals surface area contributed by atoms with E-state index in [1.54, 1.807) is 11.3 Å². The van der Waals surface area contributed by atoms with Crippen LogP contribution in [0, 0.1) is 0 Å². The number of nitrogens with one attached hydrogen (secondary N) is 1. The van der Waals surface area contributed by atoms with E-state index in [-0.39, 0.29) is 18.1 Å². The van der Waals surface area contributed by atoms with Gasteiger partial charge >= 0.3 is 0 Å². The first-order chi connectivity index (χ1) is 17.0. The molecule has 1 atom stereocenters. The van der Waals surface area contributed by atoms with Gasteiger partial charge in [-0.05, 0) is 80.0 Å². The molecule has 35 heavy (non-hydrogen) atoms. The van der Waals surface area contributed by atoms with Gasteiger partial charge in [0, 0.05) is 11.8 Å². The topological polar surface area (TPSA) is 77.2 Å². The fourth-order valence-corrected chi connectivity index (χ4v) is 5.80. The number of anilines is 1. The summed E-state index contributed by atoms with van der Waals surface area (Å²) in [6.45, 7) is 3.97. The van der Waals surface area contributed by atoms with Crippen molar-refractivity contribution in [1.29, 1.82) is 0 Å². The highest BCUT2D eigenvalue weighted by molar-refractivity contribution is 7.18. The van der Waals surface area contributed by atoms with Gasteiger partial charge in [0.2, 0.25) is 5.91 Å². The summed E-state index contributed by atoms with van der Waals surface area (Å²) in [5.41, 5.74) is 12.7. The number of thiazole rings is 1.